The minimum Gasteiger partial charge on any atom is -0.381 e. The Morgan fingerprint density at radius 2 is 2.18 bits per heavy atom. The first-order chi connectivity index (χ1) is 8.36. The van der Waals surface area contributed by atoms with Gasteiger partial charge in [-0.15, -0.1) is 0 Å². The van der Waals surface area contributed by atoms with Crippen molar-refractivity contribution in [1.82, 2.24) is 4.90 Å². The Balaban J connectivity index is 1.71. The maximum atomic E-state index is 5.68. The van der Waals surface area contributed by atoms with Crippen LogP contribution in [0.5, 0.6) is 0 Å². The van der Waals surface area contributed by atoms with Crippen LogP contribution in [0.2, 0.25) is 0 Å². The lowest BCUT2D eigenvalue weighted by molar-refractivity contribution is -0.115. The molecule has 4 heteroatoms. The Labute approximate surface area is 106 Å². The van der Waals surface area contributed by atoms with Crippen LogP contribution in [0.3, 0.4) is 0 Å². The Morgan fingerprint density at radius 1 is 1.41 bits per heavy atom. The third-order valence-corrected chi connectivity index (χ3v) is 4.64. The van der Waals surface area contributed by atoms with Gasteiger partial charge in [0.05, 0.1) is 19.3 Å². The normalized spacial score (nSPS) is 33.8. The van der Waals surface area contributed by atoms with Crippen LogP contribution in [0, 0.1) is 0 Å². The maximum Gasteiger partial charge on any atom is 0.0623 e. The SMILES string of the molecule is COC1C[C@H]2COC[C@@H](C1)N2Cc1ccsc1. The van der Waals surface area contributed by atoms with Gasteiger partial charge >= 0.3 is 0 Å². The van der Waals surface area contributed by atoms with Crippen LogP contribution in [0.25, 0.3) is 0 Å². The quantitative estimate of drug-likeness (QED) is 0.823. The first kappa shape index (κ1) is 11.7. The summed E-state index contributed by atoms with van der Waals surface area (Å²) in [5, 5.41) is 4.41. The molecule has 3 rings (SSSR count). The zero-order chi connectivity index (χ0) is 11.7. The third kappa shape index (κ3) is 2.40. The summed E-state index contributed by atoms with van der Waals surface area (Å²) in [5.41, 5.74) is 1.43. The Bertz CT molecular complexity index is 340. The van der Waals surface area contributed by atoms with Crippen LogP contribution >= 0.6 is 11.3 Å². The van der Waals surface area contributed by atoms with Gasteiger partial charge in [0.2, 0.25) is 0 Å². The van der Waals surface area contributed by atoms with Gasteiger partial charge in [-0.05, 0) is 35.2 Å². The highest BCUT2D eigenvalue weighted by molar-refractivity contribution is 7.07. The Kier molecular flexibility index (Phi) is 3.47. The van der Waals surface area contributed by atoms with Gasteiger partial charge in [0.25, 0.3) is 0 Å². The topological polar surface area (TPSA) is 21.7 Å². The summed E-state index contributed by atoms with van der Waals surface area (Å²) in [7, 11) is 1.83. The first-order valence-corrected chi connectivity index (χ1v) is 7.18. The minimum absolute atomic E-state index is 0.424. The molecule has 1 aromatic heterocycles. The van der Waals surface area contributed by atoms with E-state index in [1.54, 1.807) is 11.3 Å². The molecule has 17 heavy (non-hydrogen) atoms. The standard InChI is InChI=1S/C13H19NO2S/c1-15-13-4-11-7-16-8-12(5-13)14(11)6-10-2-3-17-9-10/h2-3,9,11-13H,4-8H2,1H3/t11-,12+,13?. The maximum absolute atomic E-state index is 5.68. The van der Waals surface area contributed by atoms with E-state index in [-0.39, 0.29) is 0 Å². The predicted molar refractivity (Wildman–Crippen MR) is 68.3 cm³/mol. The van der Waals surface area contributed by atoms with Crippen LogP contribution in [0.4, 0.5) is 0 Å². The average Bonchev–Trinajstić information content (AvgIpc) is 2.81. The van der Waals surface area contributed by atoms with Gasteiger partial charge < -0.3 is 9.47 Å². The zero-order valence-corrected chi connectivity index (χ0v) is 11.0. The monoisotopic (exact) mass is 253 g/mol. The Morgan fingerprint density at radius 3 is 2.76 bits per heavy atom. The summed E-state index contributed by atoms with van der Waals surface area (Å²) in [6, 6.07) is 3.30. The van der Waals surface area contributed by atoms with Crippen molar-refractivity contribution >= 4 is 11.3 Å². The summed E-state index contributed by atoms with van der Waals surface area (Å²) >= 11 is 1.78. The van der Waals surface area contributed by atoms with E-state index in [1.165, 1.54) is 5.56 Å². The molecule has 94 valence electrons. The van der Waals surface area contributed by atoms with Crippen molar-refractivity contribution in [3.8, 4) is 0 Å². The van der Waals surface area contributed by atoms with E-state index in [0.29, 0.717) is 18.2 Å². The molecule has 0 amide bonds. The van der Waals surface area contributed by atoms with E-state index in [1.807, 2.05) is 7.11 Å². The number of rotatable bonds is 3. The zero-order valence-electron chi connectivity index (χ0n) is 10.2. The summed E-state index contributed by atoms with van der Waals surface area (Å²) in [5.74, 6) is 0. The van der Waals surface area contributed by atoms with Crippen LogP contribution in [0.1, 0.15) is 18.4 Å². The molecule has 0 aromatic carbocycles. The van der Waals surface area contributed by atoms with Gasteiger partial charge in [-0.3, -0.25) is 4.90 Å². The molecule has 2 aliphatic heterocycles. The molecule has 1 aromatic rings. The van der Waals surface area contributed by atoms with Crippen LogP contribution in [-0.4, -0.2) is 43.4 Å². The van der Waals surface area contributed by atoms with Crippen LogP contribution < -0.4 is 0 Å². The fraction of sp³-hybridized carbons (Fsp3) is 0.692. The van der Waals surface area contributed by atoms with Gasteiger partial charge in [0.15, 0.2) is 0 Å². The summed E-state index contributed by atoms with van der Waals surface area (Å²) in [6.45, 7) is 2.79. The Hall–Kier alpha value is -0.420. The molecule has 1 unspecified atom stereocenters. The lowest BCUT2D eigenvalue weighted by Crippen LogP contribution is -2.57. The van der Waals surface area contributed by atoms with Crippen molar-refractivity contribution < 1.29 is 9.47 Å². The second kappa shape index (κ2) is 5.06. The molecule has 2 saturated heterocycles. The molecule has 2 aliphatic rings. The number of hydrogen-bond acceptors (Lipinski definition) is 4. The number of ether oxygens (including phenoxy) is 2. The molecule has 2 fully saturated rings. The molecule has 3 heterocycles. The van der Waals surface area contributed by atoms with Gasteiger partial charge in [0.1, 0.15) is 0 Å². The van der Waals surface area contributed by atoms with Crippen molar-refractivity contribution in [2.75, 3.05) is 20.3 Å². The molecule has 0 aliphatic carbocycles. The third-order valence-electron chi connectivity index (χ3n) is 3.91. The molecular weight excluding hydrogens is 234 g/mol. The summed E-state index contributed by atoms with van der Waals surface area (Å²) in [4.78, 5) is 2.61. The van der Waals surface area contributed by atoms with Gasteiger partial charge in [-0.2, -0.15) is 11.3 Å². The van der Waals surface area contributed by atoms with E-state index < -0.39 is 0 Å². The molecule has 3 nitrogen and oxygen atoms in total. The van der Waals surface area contributed by atoms with E-state index in [2.05, 4.69) is 21.7 Å². The lowest BCUT2D eigenvalue weighted by Gasteiger charge is -2.48. The fourth-order valence-electron chi connectivity index (χ4n) is 2.98. The number of piperidine rings is 1. The van der Waals surface area contributed by atoms with Crippen molar-refractivity contribution in [3.05, 3.63) is 22.4 Å². The molecule has 0 N–H and O–H groups in total. The number of morpholine rings is 1. The number of thiophene rings is 1. The molecule has 0 spiro atoms. The number of methoxy groups -OCH3 is 1. The second-order valence-electron chi connectivity index (χ2n) is 4.98. The number of hydrogen-bond donors (Lipinski definition) is 0. The van der Waals surface area contributed by atoms with E-state index in [9.17, 15) is 0 Å². The highest BCUT2D eigenvalue weighted by Gasteiger charge is 2.38. The highest BCUT2D eigenvalue weighted by atomic mass is 32.1. The second-order valence-corrected chi connectivity index (χ2v) is 5.76. The molecule has 0 radical (unpaired) electrons. The first-order valence-electron chi connectivity index (χ1n) is 6.24. The van der Waals surface area contributed by atoms with E-state index >= 15 is 0 Å². The van der Waals surface area contributed by atoms with Gasteiger partial charge in [0, 0.05) is 25.7 Å². The van der Waals surface area contributed by atoms with Gasteiger partial charge in [-0.1, -0.05) is 0 Å². The van der Waals surface area contributed by atoms with Crippen molar-refractivity contribution in [1.29, 1.82) is 0 Å². The smallest absolute Gasteiger partial charge is 0.0623 e. The molecule has 2 bridgehead atoms. The average molecular weight is 253 g/mol. The number of nitrogens with zero attached hydrogens (tertiary/aromatic N) is 1. The molecular formula is C13H19NO2S. The predicted octanol–water partition coefficient (Wildman–Crippen LogP) is 2.13. The number of fused-ring (bicyclic) bond motifs is 2. The van der Waals surface area contributed by atoms with Gasteiger partial charge in [-0.25, -0.2) is 0 Å². The van der Waals surface area contributed by atoms with Crippen molar-refractivity contribution in [2.24, 2.45) is 0 Å². The lowest BCUT2D eigenvalue weighted by atomic mass is 9.91. The largest absolute Gasteiger partial charge is 0.381 e. The fourth-order valence-corrected chi connectivity index (χ4v) is 3.64. The van der Waals surface area contributed by atoms with Crippen LogP contribution in [-0.2, 0) is 16.0 Å². The summed E-state index contributed by atoms with van der Waals surface area (Å²) in [6.07, 6.45) is 2.64. The molecule has 0 saturated carbocycles. The van der Waals surface area contributed by atoms with E-state index in [0.717, 1.165) is 32.6 Å². The molecule has 3 atom stereocenters. The highest BCUT2D eigenvalue weighted by Crippen LogP contribution is 2.30. The van der Waals surface area contributed by atoms with Crippen LogP contribution in [0.15, 0.2) is 16.8 Å². The van der Waals surface area contributed by atoms with Crippen molar-refractivity contribution in [3.63, 3.8) is 0 Å². The van der Waals surface area contributed by atoms with E-state index in [4.69, 9.17) is 9.47 Å². The minimum atomic E-state index is 0.424. The summed E-state index contributed by atoms with van der Waals surface area (Å²) < 4.78 is 11.2. The van der Waals surface area contributed by atoms with Crippen molar-refractivity contribution in [2.45, 2.75) is 37.6 Å².